The Balaban J connectivity index is 1.65. The summed E-state index contributed by atoms with van der Waals surface area (Å²) in [5.41, 5.74) is 5.67. The van der Waals surface area contributed by atoms with Crippen LogP contribution in [0.15, 0.2) is 9.68 Å². The van der Waals surface area contributed by atoms with Crippen LogP contribution < -0.4 is 5.73 Å². The number of nitrogens with zero attached hydrogens (tertiary/aromatic N) is 5. The molecular weight excluding hydrogens is 276 g/mol. The van der Waals surface area contributed by atoms with Gasteiger partial charge in [-0.1, -0.05) is 23.8 Å². The van der Waals surface area contributed by atoms with Gasteiger partial charge in [-0.25, -0.2) is 0 Å². The van der Waals surface area contributed by atoms with Gasteiger partial charge in [-0.05, 0) is 19.3 Å². The van der Waals surface area contributed by atoms with Crippen molar-refractivity contribution in [2.24, 2.45) is 5.73 Å². The summed E-state index contributed by atoms with van der Waals surface area (Å²) in [6, 6.07) is 0. The molecule has 2 N–H and O–H groups in total. The van der Waals surface area contributed by atoms with Crippen molar-refractivity contribution in [3.63, 3.8) is 0 Å². The average molecular weight is 294 g/mol. The highest BCUT2D eigenvalue weighted by atomic mass is 32.2. The summed E-state index contributed by atoms with van der Waals surface area (Å²) in [5, 5.41) is 13.2. The SMILES string of the molecule is CCCn1c(CN)nnc1SCc1noc(C2CC2)n1. The Morgan fingerprint density at radius 3 is 2.95 bits per heavy atom. The predicted molar refractivity (Wildman–Crippen MR) is 74.0 cm³/mol. The molecule has 0 radical (unpaired) electrons. The number of rotatable bonds is 7. The van der Waals surface area contributed by atoms with E-state index in [0.717, 1.165) is 35.7 Å². The third-order valence-corrected chi connectivity index (χ3v) is 4.13. The van der Waals surface area contributed by atoms with Crippen LogP contribution in [0, 0.1) is 0 Å². The second kappa shape index (κ2) is 5.92. The van der Waals surface area contributed by atoms with Crippen LogP contribution in [0.1, 0.15) is 49.6 Å². The van der Waals surface area contributed by atoms with E-state index in [1.807, 2.05) is 0 Å². The summed E-state index contributed by atoms with van der Waals surface area (Å²) in [4.78, 5) is 4.41. The second-order valence-electron chi connectivity index (χ2n) is 4.87. The molecule has 8 heteroatoms. The first-order valence-electron chi connectivity index (χ1n) is 6.89. The predicted octanol–water partition coefficient (Wildman–Crippen LogP) is 1.70. The Bertz CT molecular complexity index is 576. The molecule has 1 saturated carbocycles. The first kappa shape index (κ1) is 13.6. The lowest BCUT2D eigenvalue weighted by atomic mass is 10.4. The van der Waals surface area contributed by atoms with Gasteiger partial charge in [0.05, 0.1) is 12.3 Å². The molecule has 2 heterocycles. The topological polar surface area (TPSA) is 95.7 Å². The summed E-state index contributed by atoms with van der Waals surface area (Å²) in [7, 11) is 0. The Morgan fingerprint density at radius 1 is 1.40 bits per heavy atom. The van der Waals surface area contributed by atoms with Crippen molar-refractivity contribution >= 4 is 11.8 Å². The summed E-state index contributed by atoms with van der Waals surface area (Å²) in [5.74, 6) is 3.45. The minimum absolute atomic E-state index is 0.404. The maximum atomic E-state index is 5.67. The molecule has 0 spiro atoms. The molecule has 1 fully saturated rings. The van der Waals surface area contributed by atoms with Crippen molar-refractivity contribution in [2.45, 2.75) is 56.1 Å². The molecule has 0 unspecified atom stereocenters. The van der Waals surface area contributed by atoms with Crippen LogP contribution in [-0.2, 0) is 18.8 Å². The van der Waals surface area contributed by atoms with Gasteiger partial charge in [0.2, 0.25) is 5.89 Å². The Labute approximate surface area is 121 Å². The highest BCUT2D eigenvalue weighted by molar-refractivity contribution is 7.98. The van der Waals surface area contributed by atoms with Crippen molar-refractivity contribution in [3.8, 4) is 0 Å². The van der Waals surface area contributed by atoms with Crippen molar-refractivity contribution in [1.29, 1.82) is 0 Å². The fourth-order valence-electron chi connectivity index (χ4n) is 1.98. The Kier molecular flexibility index (Phi) is 4.02. The van der Waals surface area contributed by atoms with Gasteiger partial charge >= 0.3 is 0 Å². The zero-order chi connectivity index (χ0) is 13.9. The number of nitrogens with two attached hydrogens (primary N) is 1. The summed E-state index contributed by atoms with van der Waals surface area (Å²) in [6.45, 7) is 3.40. The lowest BCUT2D eigenvalue weighted by molar-refractivity contribution is 0.375. The van der Waals surface area contributed by atoms with E-state index in [2.05, 4.69) is 31.8 Å². The van der Waals surface area contributed by atoms with Crippen molar-refractivity contribution < 1.29 is 4.52 Å². The van der Waals surface area contributed by atoms with E-state index >= 15 is 0 Å². The molecule has 0 saturated heterocycles. The first-order valence-corrected chi connectivity index (χ1v) is 7.87. The quantitative estimate of drug-likeness (QED) is 0.776. The molecule has 20 heavy (non-hydrogen) atoms. The fourth-order valence-corrected chi connectivity index (χ4v) is 2.80. The summed E-state index contributed by atoms with van der Waals surface area (Å²) in [6.07, 6.45) is 3.35. The zero-order valence-corrected chi connectivity index (χ0v) is 12.3. The van der Waals surface area contributed by atoms with Crippen LogP contribution in [-0.4, -0.2) is 24.9 Å². The van der Waals surface area contributed by atoms with Crippen LogP contribution in [0.25, 0.3) is 0 Å². The molecule has 0 aromatic carbocycles. The fraction of sp³-hybridized carbons (Fsp3) is 0.667. The van der Waals surface area contributed by atoms with Crippen molar-refractivity contribution in [1.82, 2.24) is 24.9 Å². The van der Waals surface area contributed by atoms with Gasteiger partial charge in [0.25, 0.3) is 0 Å². The molecule has 0 bridgehead atoms. The van der Waals surface area contributed by atoms with Gasteiger partial charge in [0.15, 0.2) is 11.0 Å². The third kappa shape index (κ3) is 2.85. The molecule has 108 valence electrons. The molecule has 0 aliphatic heterocycles. The minimum atomic E-state index is 0.404. The van der Waals surface area contributed by atoms with Crippen LogP contribution in [0.4, 0.5) is 0 Å². The number of aromatic nitrogens is 5. The van der Waals surface area contributed by atoms with Crippen LogP contribution in [0.3, 0.4) is 0 Å². The molecule has 3 rings (SSSR count). The number of hydrogen-bond acceptors (Lipinski definition) is 7. The van der Waals surface area contributed by atoms with Gasteiger partial charge in [0.1, 0.15) is 5.82 Å². The molecule has 0 amide bonds. The van der Waals surface area contributed by atoms with E-state index < -0.39 is 0 Å². The molecule has 0 atom stereocenters. The van der Waals surface area contributed by atoms with E-state index in [1.165, 1.54) is 12.8 Å². The van der Waals surface area contributed by atoms with Crippen LogP contribution in [0.5, 0.6) is 0 Å². The maximum Gasteiger partial charge on any atom is 0.229 e. The minimum Gasteiger partial charge on any atom is -0.339 e. The summed E-state index contributed by atoms with van der Waals surface area (Å²) < 4.78 is 7.31. The molecular formula is C12H18N6OS. The van der Waals surface area contributed by atoms with Gasteiger partial charge in [-0.2, -0.15) is 4.98 Å². The zero-order valence-electron chi connectivity index (χ0n) is 11.4. The normalized spacial score (nSPS) is 14.9. The average Bonchev–Trinajstić information content (AvgIpc) is 3.08. The number of thioether (sulfide) groups is 1. The molecule has 1 aliphatic carbocycles. The van der Waals surface area contributed by atoms with E-state index in [9.17, 15) is 0 Å². The van der Waals surface area contributed by atoms with Gasteiger partial charge in [-0.3, -0.25) is 0 Å². The molecule has 1 aliphatic rings. The van der Waals surface area contributed by atoms with Crippen molar-refractivity contribution in [3.05, 3.63) is 17.5 Å². The first-order chi connectivity index (χ1) is 9.81. The smallest absolute Gasteiger partial charge is 0.229 e. The van der Waals surface area contributed by atoms with E-state index in [4.69, 9.17) is 10.3 Å². The Hall–Kier alpha value is -1.41. The van der Waals surface area contributed by atoms with E-state index in [-0.39, 0.29) is 0 Å². The maximum absolute atomic E-state index is 5.67. The largest absolute Gasteiger partial charge is 0.339 e. The summed E-state index contributed by atoms with van der Waals surface area (Å²) >= 11 is 1.57. The second-order valence-corrected chi connectivity index (χ2v) is 5.81. The van der Waals surface area contributed by atoms with Gasteiger partial charge in [0, 0.05) is 12.5 Å². The third-order valence-electron chi connectivity index (χ3n) is 3.16. The van der Waals surface area contributed by atoms with E-state index in [1.54, 1.807) is 11.8 Å². The van der Waals surface area contributed by atoms with E-state index in [0.29, 0.717) is 18.2 Å². The Morgan fingerprint density at radius 2 is 2.25 bits per heavy atom. The molecule has 2 aromatic rings. The highest BCUT2D eigenvalue weighted by Gasteiger charge is 2.29. The lowest BCUT2D eigenvalue weighted by Crippen LogP contribution is -2.09. The lowest BCUT2D eigenvalue weighted by Gasteiger charge is -2.06. The monoisotopic (exact) mass is 294 g/mol. The van der Waals surface area contributed by atoms with Crippen molar-refractivity contribution in [2.75, 3.05) is 0 Å². The number of hydrogen-bond donors (Lipinski definition) is 1. The standard InChI is InChI=1S/C12H18N6OS/c1-2-5-18-10(6-13)15-16-12(18)20-7-9-14-11(19-17-9)8-3-4-8/h8H,2-7,13H2,1H3. The molecule has 7 nitrogen and oxygen atoms in total. The molecule has 2 aromatic heterocycles. The van der Waals surface area contributed by atoms with Gasteiger partial charge in [-0.15, -0.1) is 10.2 Å². The van der Waals surface area contributed by atoms with Crippen LogP contribution in [0.2, 0.25) is 0 Å². The highest BCUT2D eigenvalue weighted by Crippen LogP contribution is 2.39. The van der Waals surface area contributed by atoms with Gasteiger partial charge < -0.3 is 14.8 Å². The van der Waals surface area contributed by atoms with Crippen LogP contribution >= 0.6 is 11.8 Å².